The van der Waals surface area contributed by atoms with Gasteiger partial charge in [-0.05, 0) is 18.2 Å². The molecule has 0 N–H and O–H groups in total. The topological polar surface area (TPSA) is 47.0 Å². The summed E-state index contributed by atoms with van der Waals surface area (Å²) < 4.78 is 31.0. The van der Waals surface area contributed by atoms with E-state index in [1.165, 1.54) is 0 Å². The first-order valence-corrected chi connectivity index (χ1v) is 16.5. The predicted molar refractivity (Wildman–Crippen MR) is 168 cm³/mol. The van der Waals surface area contributed by atoms with E-state index in [1.807, 2.05) is 158 Å². The number of hydrogen-bond acceptors (Lipinski definition) is 3. The van der Waals surface area contributed by atoms with Gasteiger partial charge in [0, 0.05) is 43.6 Å². The SMILES string of the molecule is O=P(c1ccccc1)(c1ccccc1)c1ccc(-c2ccccn2)c(P(=O)(c2ccccc2)c2ccccc2)c1. The summed E-state index contributed by atoms with van der Waals surface area (Å²) in [6.45, 7) is 0. The van der Waals surface area contributed by atoms with Crippen LogP contribution in [0.25, 0.3) is 11.3 Å². The van der Waals surface area contributed by atoms with Crippen LogP contribution < -0.4 is 31.8 Å². The first kappa shape index (κ1) is 26.0. The van der Waals surface area contributed by atoms with E-state index in [1.54, 1.807) is 6.20 Å². The molecule has 5 heteroatoms. The molecule has 1 heterocycles. The molecule has 0 aliphatic rings. The van der Waals surface area contributed by atoms with Crippen molar-refractivity contribution in [2.45, 2.75) is 0 Å². The summed E-state index contributed by atoms with van der Waals surface area (Å²) in [5, 5.41) is 4.13. The van der Waals surface area contributed by atoms with Crippen molar-refractivity contribution in [1.82, 2.24) is 4.98 Å². The minimum absolute atomic E-state index is 0.619. The Morgan fingerprint density at radius 1 is 0.400 bits per heavy atom. The van der Waals surface area contributed by atoms with E-state index in [0.717, 1.165) is 16.2 Å². The Kier molecular flexibility index (Phi) is 7.18. The minimum atomic E-state index is -3.42. The zero-order valence-electron chi connectivity index (χ0n) is 21.7. The normalized spacial score (nSPS) is 11.7. The molecule has 1 aromatic heterocycles. The maximum absolute atomic E-state index is 15.6. The lowest BCUT2D eigenvalue weighted by Crippen LogP contribution is -2.31. The number of benzene rings is 5. The molecule has 194 valence electrons. The summed E-state index contributed by atoms with van der Waals surface area (Å²) in [6, 6.07) is 49.7. The van der Waals surface area contributed by atoms with Crippen LogP contribution in [0.1, 0.15) is 0 Å². The second kappa shape index (κ2) is 11.1. The quantitative estimate of drug-likeness (QED) is 0.226. The molecule has 0 aliphatic carbocycles. The van der Waals surface area contributed by atoms with Gasteiger partial charge in [0.05, 0.1) is 5.69 Å². The van der Waals surface area contributed by atoms with Crippen LogP contribution in [0, 0.1) is 0 Å². The van der Waals surface area contributed by atoms with Crippen LogP contribution in [0.4, 0.5) is 0 Å². The standard InChI is InChI=1S/C35H27NO2P2/c37-39(28-15-5-1-6-16-28,29-17-7-2-8-18-29)32-24-25-33(34-23-13-14-26-36-34)35(27-32)40(38,30-19-9-3-10-20-30)31-21-11-4-12-22-31/h1-27H. The van der Waals surface area contributed by atoms with Crippen molar-refractivity contribution >= 4 is 46.1 Å². The van der Waals surface area contributed by atoms with Gasteiger partial charge in [0.25, 0.3) is 0 Å². The number of aromatic nitrogens is 1. The van der Waals surface area contributed by atoms with Gasteiger partial charge in [-0.15, -0.1) is 0 Å². The lowest BCUT2D eigenvalue weighted by molar-refractivity contribution is 0.592. The second-order valence-electron chi connectivity index (χ2n) is 9.48. The predicted octanol–water partition coefficient (Wildman–Crippen LogP) is 6.03. The third kappa shape index (κ3) is 4.58. The van der Waals surface area contributed by atoms with Gasteiger partial charge < -0.3 is 9.13 Å². The van der Waals surface area contributed by atoms with E-state index in [-0.39, 0.29) is 0 Å². The van der Waals surface area contributed by atoms with Crippen molar-refractivity contribution in [3.63, 3.8) is 0 Å². The van der Waals surface area contributed by atoms with Crippen molar-refractivity contribution in [2.24, 2.45) is 0 Å². The molecule has 0 radical (unpaired) electrons. The fourth-order valence-electron chi connectivity index (χ4n) is 5.14. The molecule has 0 fully saturated rings. The Balaban J connectivity index is 1.71. The molecule has 0 saturated carbocycles. The van der Waals surface area contributed by atoms with E-state index in [9.17, 15) is 0 Å². The molecule has 6 aromatic rings. The highest BCUT2D eigenvalue weighted by atomic mass is 31.2. The van der Waals surface area contributed by atoms with Crippen LogP contribution in [0.3, 0.4) is 0 Å². The van der Waals surface area contributed by atoms with E-state index in [2.05, 4.69) is 4.98 Å². The maximum atomic E-state index is 15.6. The zero-order chi connectivity index (χ0) is 27.4. The molecule has 0 aliphatic heterocycles. The Morgan fingerprint density at radius 2 is 0.825 bits per heavy atom. The van der Waals surface area contributed by atoms with Gasteiger partial charge in [-0.3, -0.25) is 4.98 Å². The fraction of sp³-hybridized carbons (Fsp3) is 0. The Hall–Kier alpha value is -4.29. The maximum Gasteiger partial charge on any atom is 0.171 e. The van der Waals surface area contributed by atoms with Gasteiger partial charge >= 0.3 is 0 Å². The average Bonchev–Trinajstić information content (AvgIpc) is 3.06. The van der Waals surface area contributed by atoms with E-state index < -0.39 is 14.3 Å². The third-order valence-corrected chi connectivity index (χ3v) is 13.3. The van der Waals surface area contributed by atoms with Gasteiger partial charge in [0.1, 0.15) is 0 Å². The summed E-state index contributed by atoms with van der Waals surface area (Å²) >= 11 is 0. The molecule has 0 saturated heterocycles. The molecular weight excluding hydrogens is 528 g/mol. The Morgan fingerprint density at radius 3 is 1.25 bits per heavy atom. The van der Waals surface area contributed by atoms with E-state index in [4.69, 9.17) is 0 Å². The number of nitrogens with zero attached hydrogens (tertiary/aromatic N) is 1. The first-order chi connectivity index (χ1) is 19.6. The van der Waals surface area contributed by atoms with Crippen molar-refractivity contribution in [3.8, 4) is 11.3 Å². The van der Waals surface area contributed by atoms with Crippen LogP contribution in [0.2, 0.25) is 0 Å². The van der Waals surface area contributed by atoms with Crippen LogP contribution in [0.15, 0.2) is 164 Å². The van der Waals surface area contributed by atoms with Crippen LogP contribution in [-0.2, 0) is 9.13 Å². The molecule has 0 amide bonds. The molecule has 5 aromatic carbocycles. The second-order valence-corrected chi connectivity index (χ2v) is 15.0. The number of hydrogen-bond donors (Lipinski definition) is 0. The average molecular weight is 556 g/mol. The smallest absolute Gasteiger partial charge is 0.171 e. The minimum Gasteiger partial charge on any atom is -0.309 e. The third-order valence-electron chi connectivity index (χ3n) is 7.10. The van der Waals surface area contributed by atoms with E-state index in [0.29, 0.717) is 26.9 Å². The van der Waals surface area contributed by atoms with Crippen LogP contribution >= 0.6 is 14.3 Å². The Labute approximate surface area is 235 Å². The first-order valence-electron chi connectivity index (χ1n) is 13.1. The van der Waals surface area contributed by atoms with Crippen LogP contribution in [-0.4, -0.2) is 4.98 Å². The van der Waals surface area contributed by atoms with Gasteiger partial charge in [0.2, 0.25) is 0 Å². The highest BCUT2D eigenvalue weighted by Gasteiger charge is 2.36. The molecule has 3 nitrogen and oxygen atoms in total. The molecular formula is C35H27NO2P2. The summed E-state index contributed by atoms with van der Waals surface area (Å²) in [5.41, 5.74) is 1.47. The van der Waals surface area contributed by atoms with Gasteiger partial charge in [-0.25, -0.2) is 0 Å². The summed E-state index contributed by atoms with van der Waals surface area (Å²) in [4.78, 5) is 4.63. The van der Waals surface area contributed by atoms with Crippen molar-refractivity contribution in [2.75, 3.05) is 0 Å². The van der Waals surface area contributed by atoms with Crippen molar-refractivity contribution < 1.29 is 9.13 Å². The lowest BCUT2D eigenvalue weighted by Gasteiger charge is -2.26. The summed E-state index contributed by atoms with van der Waals surface area (Å²) in [5.74, 6) is 0. The lowest BCUT2D eigenvalue weighted by atomic mass is 10.1. The molecule has 0 atom stereocenters. The molecule has 6 rings (SSSR count). The van der Waals surface area contributed by atoms with E-state index >= 15 is 9.13 Å². The van der Waals surface area contributed by atoms with Gasteiger partial charge in [-0.1, -0.05) is 140 Å². The van der Waals surface area contributed by atoms with Gasteiger partial charge in [-0.2, -0.15) is 0 Å². The molecule has 40 heavy (non-hydrogen) atoms. The highest BCUT2D eigenvalue weighted by Crippen LogP contribution is 2.47. The summed E-state index contributed by atoms with van der Waals surface area (Å²) in [7, 11) is -6.73. The molecule has 0 unspecified atom stereocenters. The molecule has 0 spiro atoms. The summed E-state index contributed by atoms with van der Waals surface area (Å²) in [6.07, 6.45) is 1.74. The number of pyridine rings is 1. The molecule has 0 bridgehead atoms. The van der Waals surface area contributed by atoms with Crippen molar-refractivity contribution in [3.05, 3.63) is 164 Å². The van der Waals surface area contributed by atoms with Crippen LogP contribution in [0.5, 0.6) is 0 Å². The highest BCUT2D eigenvalue weighted by molar-refractivity contribution is 7.86. The zero-order valence-corrected chi connectivity index (χ0v) is 23.5. The fourth-order valence-corrected chi connectivity index (χ4v) is 10.8. The largest absolute Gasteiger partial charge is 0.309 e. The number of rotatable bonds is 7. The monoisotopic (exact) mass is 555 g/mol. The van der Waals surface area contributed by atoms with Crippen molar-refractivity contribution in [1.29, 1.82) is 0 Å². The Bertz CT molecular complexity index is 1740. The van der Waals surface area contributed by atoms with Gasteiger partial charge in [0.15, 0.2) is 14.3 Å².